The second-order valence-corrected chi connectivity index (χ2v) is 5.42. The van der Waals surface area contributed by atoms with Gasteiger partial charge in [0.2, 0.25) is 0 Å². The summed E-state index contributed by atoms with van der Waals surface area (Å²) in [6.45, 7) is 1.35. The Morgan fingerprint density at radius 2 is 1.80 bits per heavy atom. The highest BCUT2D eigenvalue weighted by Gasteiger charge is 2.23. The summed E-state index contributed by atoms with van der Waals surface area (Å²) < 4.78 is 6.36. The number of ether oxygens (including phenoxy) is 1. The number of imidazole rings is 1. The van der Waals surface area contributed by atoms with E-state index in [2.05, 4.69) is 19.7 Å². The summed E-state index contributed by atoms with van der Waals surface area (Å²) in [4.78, 5) is 48.8. The third-order valence-corrected chi connectivity index (χ3v) is 3.88. The fourth-order valence-electron chi connectivity index (χ4n) is 2.55. The molecule has 0 atom stereocenters. The van der Waals surface area contributed by atoms with Gasteiger partial charge >= 0.3 is 5.97 Å². The van der Waals surface area contributed by atoms with Crippen molar-refractivity contribution in [1.82, 2.24) is 24.4 Å². The Labute approximate surface area is 142 Å². The first-order valence-electron chi connectivity index (χ1n) is 7.55. The molecule has 3 heterocycles. The number of hydrogen-bond donors (Lipinski definition) is 1. The molecule has 25 heavy (non-hydrogen) atoms. The van der Waals surface area contributed by atoms with Crippen molar-refractivity contribution in [2.45, 2.75) is 13.0 Å². The first-order valence-corrected chi connectivity index (χ1v) is 7.55. The minimum atomic E-state index is -0.614. The number of rotatable bonds is 3. The molecule has 2 N–H and O–H groups in total. The van der Waals surface area contributed by atoms with Gasteiger partial charge in [-0.25, -0.2) is 19.7 Å². The smallest absolute Gasteiger partial charge is 0.358 e. The van der Waals surface area contributed by atoms with Crippen molar-refractivity contribution < 1.29 is 19.1 Å². The molecule has 2 aromatic rings. The van der Waals surface area contributed by atoms with Crippen LogP contribution in [0.15, 0.2) is 18.6 Å². The summed E-state index contributed by atoms with van der Waals surface area (Å²) in [5, 5.41) is 0. The summed E-state index contributed by atoms with van der Waals surface area (Å²) in [6.07, 6.45) is 4.55. The number of carbonyl (C=O) groups is 3. The first-order chi connectivity index (χ1) is 12.0. The number of aromatic nitrogens is 4. The molecule has 0 aromatic carbocycles. The third kappa shape index (κ3) is 3.32. The molecule has 1 aliphatic rings. The highest BCUT2D eigenvalue weighted by atomic mass is 16.5. The number of esters is 1. The number of nitrogens with two attached hydrogens (primary N) is 1. The molecule has 0 radical (unpaired) electrons. The molecule has 0 saturated heterocycles. The van der Waals surface area contributed by atoms with Crippen LogP contribution in [0.25, 0.3) is 0 Å². The fraction of sp³-hybridized carbons (Fsp3) is 0.333. The molecule has 0 bridgehead atoms. The second kappa shape index (κ2) is 6.67. The van der Waals surface area contributed by atoms with E-state index in [9.17, 15) is 14.4 Å². The van der Waals surface area contributed by atoms with Gasteiger partial charge in [0, 0.05) is 32.3 Å². The van der Waals surface area contributed by atoms with Crippen LogP contribution in [0.5, 0.6) is 0 Å². The number of amides is 2. The Morgan fingerprint density at radius 3 is 2.44 bits per heavy atom. The number of fused-ring (bicyclic) bond motifs is 1. The Balaban J connectivity index is 1.70. The van der Waals surface area contributed by atoms with E-state index in [1.807, 2.05) is 4.57 Å². The van der Waals surface area contributed by atoms with Gasteiger partial charge in [-0.3, -0.25) is 9.59 Å². The lowest BCUT2D eigenvalue weighted by atomic mass is 10.3. The van der Waals surface area contributed by atoms with Gasteiger partial charge in [-0.05, 0) is 0 Å². The molecule has 1 aliphatic heterocycles. The van der Waals surface area contributed by atoms with Gasteiger partial charge in [0.1, 0.15) is 17.2 Å². The van der Waals surface area contributed by atoms with E-state index >= 15 is 0 Å². The lowest BCUT2D eigenvalue weighted by Gasteiger charge is -2.19. The number of methoxy groups -OCH3 is 1. The zero-order valence-corrected chi connectivity index (χ0v) is 13.5. The van der Waals surface area contributed by atoms with Crippen molar-refractivity contribution in [1.29, 1.82) is 0 Å². The molecule has 2 amide bonds. The molecule has 0 fully saturated rings. The zero-order chi connectivity index (χ0) is 18.0. The lowest BCUT2D eigenvalue weighted by Crippen LogP contribution is -2.34. The maximum atomic E-state index is 12.6. The number of primary amides is 1. The zero-order valence-electron chi connectivity index (χ0n) is 13.5. The molecular formula is C15H16N6O4. The van der Waals surface area contributed by atoms with Gasteiger partial charge in [-0.1, -0.05) is 0 Å². The van der Waals surface area contributed by atoms with Crippen molar-refractivity contribution in [3.8, 4) is 0 Å². The molecule has 0 saturated carbocycles. The average Bonchev–Trinajstić information content (AvgIpc) is 2.94. The van der Waals surface area contributed by atoms with Crippen LogP contribution in [0.2, 0.25) is 0 Å². The first kappa shape index (κ1) is 16.6. The van der Waals surface area contributed by atoms with E-state index in [0.29, 0.717) is 31.9 Å². The predicted octanol–water partition coefficient (Wildman–Crippen LogP) is -0.743. The van der Waals surface area contributed by atoms with Crippen LogP contribution in [0.1, 0.15) is 37.3 Å². The minimum Gasteiger partial charge on any atom is -0.464 e. The molecule has 130 valence electrons. The second-order valence-electron chi connectivity index (χ2n) is 5.42. The van der Waals surface area contributed by atoms with E-state index < -0.39 is 11.9 Å². The minimum absolute atomic E-state index is 0.0361. The predicted molar refractivity (Wildman–Crippen MR) is 83.7 cm³/mol. The van der Waals surface area contributed by atoms with Crippen molar-refractivity contribution in [2.24, 2.45) is 5.73 Å². The molecule has 10 heteroatoms. The maximum Gasteiger partial charge on any atom is 0.358 e. The fourth-order valence-corrected chi connectivity index (χ4v) is 2.55. The standard InChI is InChI=1S/C15H16N6O4/c1-25-15(24)10-7-17-9(6-18-10)14(23)20-3-2-12-19-11(13(16)22)8-21(12)5-4-20/h6-8H,2-5H2,1H3,(H2,16,22). The summed E-state index contributed by atoms with van der Waals surface area (Å²) in [6, 6.07) is 0. The topological polar surface area (TPSA) is 133 Å². The highest BCUT2D eigenvalue weighted by molar-refractivity contribution is 5.93. The molecule has 0 aliphatic carbocycles. The summed E-state index contributed by atoms with van der Waals surface area (Å²) in [5.74, 6) is -0.771. The van der Waals surface area contributed by atoms with Gasteiger partial charge in [-0.2, -0.15) is 0 Å². The number of hydrogen-bond acceptors (Lipinski definition) is 7. The molecule has 2 aromatic heterocycles. The van der Waals surface area contributed by atoms with Crippen LogP contribution in [0.3, 0.4) is 0 Å². The summed E-state index contributed by atoms with van der Waals surface area (Å²) >= 11 is 0. The van der Waals surface area contributed by atoms with E-state index in [1.165, 1.54) is 19.5 Å². The molecule has 0 spiro atoms. The van der Waals surface area contributed by atoms with Gasteiger partial charge in [0.05, 0.1) is 19.5 Å². The summed E-state index contributed by atoms with van der Waals surface area (Å²) in [5.41, 5.74) is 5.63. The Kier molecular flexibility index (Phi) is 4.42. The van der Waals surface area contributed by atoms with Crippen molar-refractivity contribution in [3.63, 3.8) is 0 Å². The van der Waals surface area contributed by atoms with Crippen molar-refractivity contribution >= 4 is 17.8 Å². The number of nitrogens with zero attached hydrogens (tertiary/aromatic N) is 5. The Morgan fingerprint density at radius 1 is 1.08 bits per heavy atom. The average molecular weight is 344 g/mol. The van der Waals surface area contributed by atoms with Crippen LogP contribution in [-0.4, -0.2) is 62.4 Å². The van der Waals surface area contributed by atoms with Crippen LogP contribution < -0.4 is 5.73 Å². The Bertz CT molecular complexity index is 804. The SMILES string of the molecule is COC(=O)c1cnc(C(=O)N2CCc3nc(C(N)=O)cn3CC2)cn1. The molecule has 0 unspecified atom stereocenters. The van der Waals surface area contributed by atoms with Crippen LogP contribution in [0, 0.1) is 0 Å². The van der Waals surface area contributed by atoms with E-state index in [1.54, 1.807) is 11.1 Å². The maximum absolute atomic E-state index is 12.6. The van der Waals surface area contributed by atoms with E-state index in [0.717, 1.165) is 0 Å². The van der Waals surface area contributed by atoms with Gasteiger partial charge in [0.25, 0.3) is 11.8 Å². The highest BCUT2D eigenvalue weighted by Crippen LogP contribution is 2.12. The van der Waals surface area contributed by atoms with Crippen molar-refractivity contribution in [2.75, 3.05) is 20.2 Å². The number of carbonyl (C=O) groups excluding carboxylic acids is 3. The van der Waals surface area contributed by atoms with Crippen LogP contribution in [-0.2, 0) is 17.7 Å². The largest absolute Gasteiger partial charge is 0.464 e. The molecular weight excluding hydrogens is 328 g/mol. The van der Waals surface area contributed by atoms with E-state index in [-0.39, 0.29) is 23.0 Å². The Hall–Kier alpha value is -3.30. The van der Waals surface area contributed by atoms with Gasteiger partial charge in [-0.15, -0.1) is 0 Å². The van der Waals surface area contributed by atoms with E-state index in [4.69, 9.17) is 5.73 Å². The lowest BCUT2D eigenvalue weighted by molar-refractivity contribution is 0.0591. The van der Waals surface area contributed by atoms with Crippen LogP contribution >= 0.6 is 0 Å². The van der Waals surface area contributed by atoms with Crippen LogP contribution in [0.4, 0.5) is 0 Å². The van der Waals surface area contributed by atoms with Gasteiger partial charge < -0.3 is 19.9 Å². The molecule has 10 nitrogen and oxygen atoms in total. The molecule has 3 rings (SSSR count). The summed E-state index contributed by atoms with van der Waals surface area (Å²) in [7, 11) is 1.24. The van der Waals surface area contributed by atoms with Crippen molar-refractivity contribution in [3.05, 3.63) is 41.5 Å². The third-order valence-electron chi connectivity index (χ3n) is 3.88. The normalized spacial score (nSPS) is 13.7. The monoisotopic (exact) mass is 344 g/mol. The van der Waals surface area contributed by atoms with Gasteiger partial charge in [0.15, 0.2) is 5.69 Å². The quantitative estimate of drug-likeness (QED) is 0.725.